The molecule has 0 heterocycles. The molecule has 0 fully saturated rings. The van der Waals surface area contributed by atoms with Crippen LogP contribution in [0.4, 0.5) is 0 Å². The first kappa shape index (κ1) is 10.8. The molecule has 0 N–H and O–H groups in total. The van der Waals surface area contributed by atoms with Crippen LogP contribution in [0.1, 0.15) is 38.5 Å². The molecule has 0 aromatic heterocycles. The average Bonchev–Trinajstić information content (AvgIpc) is 2.10. The number of hydrogen-bond donors (Lipinski definition) is 0. The van der Waals surface area contributed by atoms with Gasteiger partial charge in [-0.2, -0.15) is 5.26 Å². The monoisotopic (exact) mass is 161 g/mol. The first-order valence-corrected chi connectivity index (χ1v) is 4.35. The lowest BCUT2D eigenvalue weighted by Gasteiger charge is -1.85. The molecule has 0 aromatic rings. The van der Waals surface area contributed by atoms with E-state index in [1.807, 2.05) is 6.08 Å². The van der Waals surface area contributed by atoms with Gasteiger partial charge in [-0.15, -0.1) is 18.4 Å². The molecule has 0 rings (SSSR count). The summed E-state index contributed by atoms with van der Waals surface area (Å²) in [6.45, 7) is 3.63. The van der Waals surface area contributed by atoms with Crippen LogP contribution in [0.2, 0.25) is 0 Å². The molecule has 0 atom stereocenters. The second-order valence-electron chi connectivity index (χ2n) is 2.55. The maximum Gasteiger partial charge on any atom is 0.0622 e. The summed E-state index contributed by atoms with van der Waals surface area (Å²) in [6.07, 6.45) is 7.42. The summed E-state index contributed by atoms with van der Waals surface area (Å²) >= 11 is 0. The summed E-state index contributed by atoms with van der Waals surface area (Å²) in [7, 11) is 0. The van der Waals surface area contributed by atoms with Crippen LogP contribution in [-0.4, -0.2) is 0 Å². The van der Waals surface area contributed by atoms with Crippen LogP contribution < -0.4 is 0 Å². The molecular weight excluding hydrogens is 146 g/mol. The van der Waals surface area contributed by atoms with Crippen LogP contribution in [0, 0.1) is 23.2 Å². The lowest BCUT2D eigenvalue weighted by molar-refractivity contribution is 0.874. The Bertz CT molecular complexity index is 199. The van der Waals surface area contributed by atoms with Crippen LogP contribution in [-0.2, 0) is 0 Å². The molecule has 0 aliphatic heterocycles. The molecular formula is C11H15N. The van der Waals surface area contributed by atoms with Crippen molar-refractivity contribution >= 4 is 0 Å². The molecule has 0 aromatic carbocycles. The molecule has 0 saturated heterocycles. The zero-order valence-corrected chi connectivity index (χ0v) is 7.47. The summed E-state index contributed by atoms with van der Waals surface area (Å²) < 4.78 is 0. The van der Waals surface area contributed by atoms with E-state index in [1.165, 1.54) is 0 Å². The smallest absolute Gasteiger partial charge is 0.0622 e. The molecule has 0 aliphatic carbocycles. The van der Waals surface area contributed by atoms with Gasteiger partial charge < -0.3 is 0 Å². The van der Waals surface area contributed by atoms with Crippen LogP contribution in [0.15, 0.2) is 12.7 Å². The first-order valence-electron chi connectivity index (χ1n) is 4.35. The van der Waals surface area contributed by atoms with Crippen molar-refractivity contribution in [2.24, 2.45) is 0 Å². The van der Waals surface area contributed by atoms with Gasteiger partial charge in [0.15, 0.2) is 0 Å². The summed E-state index contributed by atoms with van der Waals surface area (Å²) in [5, 5.41) is 8.23. The molecule has 1 nitrogen and oxygen atoms in total. The summed E-state index contributed by atoms with van der Waals surface area (Å²) in [6, 6.07) is 2.10. The molecule has 0 saturated carbocycles. The van der Waals surface area contributed by atoms with Gasteiger partial charge in [-0.05, 0) is 19.3 Å². The van der Waals surface area contributed by atoms with Gasteiger partial charge in [0, 0.05) is 19.3 Å². The third-order valence-electron chi connectivity index (χ3n) is 1.43. The Balaban J connectivity index is 3.12. The Morgan fingerprint density at radius 3 is 2.33 bits per heavy atom. The number of hydrogen-bond acceptors (Lipinski definition) is 1. The normalized spacial score (nSPS) is 7.92. The van der Waals surface area contributed by atoms with Gasteiger partial charge in [-0.1, -0.05) is 6.08 Å². The minimum absolute atomic E-state index is 0.626. The molecule has 0 spiro atoms. The highest BCUT2D eigenvalue weighted by atomic mass is 14.2. The van der Waals surface area contributed by atoms with Crippen molar-refractivity contribution in [2.75, 3.05) is 0 Å². The average molecular weight is 161 g/mol. The highest BCUT2D eigenvalue weighted by Crippen LogP contribution is 1.95. The Hall–Kier alpha value is -1.21. The van der Waals surface area contributed by atoms with Crippen molar-refractivity contribution in [1.29, 1.82) is 5.26 Å². The van der Waals surface area contributed by atoms with Crippen LogP contribution in [0.3, 0.4) is 0 Å². The Kier molecular flexibility index (Phi) is 8.80. The van der Waals surface area contributed by atoms with Crippen molar-refractivity contribution in [3.8, 4) is 17.9 Å². The molecule has 1 heteroatoms. The fourth-order valence-electron chi connectivity index (χ4n) is 0.767. The fourth-order valence-corrected chi connectivity index (χ4v) is 0.767. The van der Waals surface area contributed by atoms with Gasteiger partial charge in [0.25, 0.3) is 0 Å². The molecule has 0 unspecified atom stereocenters. The van der Waals surface area contributed by atoms with E-state index in [0.717, 1.165) is 32.1 Å². The largest absolute Gasteiger partial charge is 0.198 e. The Labute approximate surface area is 75.1 Å². The van der Waals surface area contributed by atoms with E-state index in [-0.39, 0.29) is 0 Å². The summed E-state index contributed by atoms with van der Waals surface area (Å²) in [5.41, 5.74) is 0. The van der Waals surface area contributed by atoms with Gasteiger partial charge in [0.1, 0.15) is 0 Å². The van der Waals surface area contributed by atoms with E-state index in [0.29, 0.717) is 6.42 Å². The zero-order chi connectivity index (χ0) is 9.07. The van der Waals surface area contributed by atoms with Crippen LogP contribution >= 0.6 is 0 Å². The minimum Gasteiger partial charge on any atom is -0.198 e. The quantitative estimate of drug-likeness (QED) is 0.345. The second-order valence-corrected chi connectivity index (χ2v) is 2.55. The van der Waals surface area contributed by atoms with Crippen molar-refractivity contribution in [2.45, 2.75) is 38.5 Å². The van der Waals surface area contributed by atoms with E-state index in [2.05, 4.69) is 24.5 Å². The second kappa shape index (κ2) is 9.79. The van der Waals surface area contributed by atoms with Crippen molar-refractivity contribution in [3.63, 3.8) is 0 Å². The van der Waals surface area contributed by atoms with Gasteiger partial charge in [-0.3, -0.25) is 0 Å². The number of nitrogens with zero attached hydrogens (tertiary/aromatic N) is 1. The highest BCUT2D eigenvalue weighted by Gasteiger charge is 1.80. The predicted molar refractivity (Wildman–Crippen MR) is 51.3 cm³/mol. The number of unbranched alkanes of at least 4 members (excludes halogenated alkanes) is 4. The zero-order valence-electron chi connectivity index (χ0n) is 7.47. The standard InChI is InChI=1S/C11H15N/c1-2-3-4-5-6-7-8-9-10-11-12/h2H,1,3-5,8-10H2. The lowest BCUT2D eigenvalue weighted by atomic mass is 10.2. The Morgan fingerprint density at radius 2 is 1.75 bits per heavy atom. The maximum atomic E-state index is 8.23. The minimum atomic E-state index is 0.626. The number of rotatable bonds is 5. The topological polar surface area (TPSA) is 23.8 Å². The van der Waals surface area contributed by atoms with E-state index in [4.69, 9.17) is 5.26 Å². The fraction of sp³-hybridized carbons (Fsp3) is 0.545. The third kappa shape index (κ3) is 8.79. The summed E-state index contributed by atoms with van der Waals surface area (Å²) in [5.74, 6) is 6.12. The molecule has 64 valence electrons. The van der Waals surface area contributed by atoms with Crippen molar-refractivity contribution < 1.29 is 0 Å². The summed E-state index contributed by atoms with van der Waals surface area (Å²) in [4.78, 5) is 0. The van der Waals surface area contributed by atoms with Crippen LogP contribution in [0.25, 0.3) is 0 Å². The van der Waals surface area contributed by atoms with E-state index in [9.17, 15) is 0 Å². The van der Waals surface area contributed by atoms with Gasteiger partial charge in [-0.25, -0.2) is 0 Å². The highest BCUT2D eigenvalue weighted by molar-refractivity contribution is 4.99. The molecule has 0 bridgehead atoms. The van der Waals surface area contributed by atoms with Crippen LogP contribution in [0.5, 0.6) is 0 Å². The number of allylic oxidation sites excluding steroid dienone is 1. The van der Waals surface area contributed by atoms with Gasteiger partial charge in [0.05, 0.1) is 6.07 Å². The van der Waals surface area contributed by atoms with Gasteiger partial charge in [0.2, 0.25) is 0 Å². The molecule has 0 aliphatic rings. The third-order valence-corrected chi connectivity index (χ3v) is 1.43. The van der Waals surface area contributed by atoms with E-state index >= 15 is 0 Å². The molecule has 12 heavy (non-hydrogen) atoms. The van der Waals surface area contributed by atoms with E-state index in [1.54, 1.807) is 0 Å². The molecule has 0 amide bonds. The van der Waals surface area contributed by atoms with Crippen molar-refractivity contribution in [3.05, 3.63) is 12.7 Å². The lowest BCUT2D eigenvalue weighted by Crippen LogP contribution is -1.71. The van der Waals surface area contributed by atoms with Crippen molar-refractivity contribution in [1.82, 2.24) is 0 Å². The maximum absolute atomic E-state index is 8.23. The predicted octanol–water partition coefficient (Wildman–Crippen LogP) is 3.04. The number of nitriles is 1. The first-order chi connectivity index (χ1) is 5.91. The molecule has 0 radical (unpaired) electrons. The van der Waals surface area contributed by atoms with Gasteiger partial charge >= 0.3 is 0 Å². The Morgan fingerprint density at radius 1 is 1.08 bits per heavy atom. The van der Waals surface area contributed by atoms with E-state index < -0.39 is 0 Å². The SMILES string of the molecule is C=CCCCC#CCCCC#N.